The summed E-state index contributed by atoms with van der Waals surface area (Å²) in [6, 6.07) is 5.36. The lowest BCUT2D eigenvalue weighted by molar-refractivity contribution is 1.30. The minimum atomic E-state index is 0.522. The molecule has 0 atom stereocenters. The maximum Gasteiger partial charge on any atom is 0.174 e. The third-order valence-electron chi connectivity index (χ3n) is 1.58. The highest BCUT2D eigenvalue weighted by atomic mass is 127. The van der Waals surface area contributed by atoms with Gasteiger partial charge in [0, 0.05) is 5.56 Å². The van der Waals surface area contributed by atoms with E-state index >= 15 is 0 Å². The van der Waals surface area contributed by atoms with Crippen LogP contribution < -0.4 is 0 Å². The number of rotatable bonds is 1. The second-order valence-electron chi connectivity index (χ2n) is 2.50. The van der Waals surface area contributed by atoms with Crippen molar-refractivity contribution in [1.82, 2.24) is 9.36 Å². The molecule has 6 heteroatoms. The van der Waals surface area contributed by atoms with Crippen LogP contribution >= 0.6 is 57.3 Å². The Labute approximate surface area is 109 Å². The van der Waals surface area contributed by atoms with Crippen molar-refractivity contribution in [1.29, 1.82) is 0 Å². The minimum absolute atomic E-state index is 0.522. The zero-order valence-corrected chi connectivity index (χ0v) is 11.2. The van der Waals surface area contributed by atoms with Crippen molar-refractivity contribution in [3.63, 3.8) is 0 Å². The predicted octanol–water partition coefficient (Wildman–Crippen LogP) is 4.12. The molecule has 0 saturated carbocycles. The van der Waals surface area contributed by atoms with Crippen LogP contribution in [0.2, 0.25) is 10.0 Å². The van der Waals surface area contributed by atoms with Crippen LogP contribution in [0.4, 0.5) is 0 Å². The maximum absolute atomic E-state index is 5.88. The van der Waals surface area contributed by atoms with E-state index in [0.717, 1.165) is 8.58 Å². The molecule has 1 aromatic carbocycles. The molecule has 0 amide bonds. The van der Waals surface area contributed by atoms with E-state index in [4.69, 9.17) is 23.2 Å². The lowest BCUT2D eigenvalue weighted by Crippen LogP contribution is -1.80. The van der Waals surface area contributed by atoms with Crippen LogP contribution in [0.5, 0.6) is 0 Å². The van der Waals surface area contributed by atoms with Crippen molar-refractivity contribution in [2.75, 3.05) is 0 Å². The zero-order valence-electron chi connectivity index (χ0n) is 6.67. The molecule has 0 aliphatic carbocycles. The molecule has 1 heterocycles. The van der Waals surface area contributed by atoms with E-state index in [1.807, 2.05) is 6.07 Å². The number of halogens is 3. The van der Waals surface area contributed by atoms with E-state index in [0.29, 0.717) is 15.9 Å². The minimum Gasteiger partial charge on any atom is -0.209 e. The van der Waals surface area contributed by atoms with Crippen LogP contribution in [0, 0.1) is 3.01 Å². The van der Waals surface area contributed by atoms with Gasteiger partial charge in [0.25, 0.3) is 0 Å². The van der Waals surface area contributed by atoms with Gasteiger partial charge in [0.15, 0.2) is 8.84 Å². The molecule has 14 heavy (non-hydrogen) atoms. The summed E-state index contributed by atoms with van der Waals surface area (Å²) in [5, 5.41) is 1.06. The van der Waals surface area contributed by atoms with Crippen molar-refractivity contribution < 1.29 is 0 Å². The van der Waals surface area contributed by atoms with Crippen LogP contribution in [0.25, 0.3) is 11.4 Å². The van der Waals surface area contributed by atoms with Gasteiger partial charge in [-0.1, -0.05) is 23.2 Å². The van der Waals surface area contributed by atoms with Crippen LogP contribution in [-0.4, -0.2) is 9.36 Å². The van der Waals surface area contributed by atoms with Gasteiger partial charge in [-0.2, -0.15) is 4.37 Å². The van der Waals surface area contributed by atoms with Gasteiger partial charge < -0.3 is 0 Å². The van der Waals surface area contributed by atoms with Crippen molar-refractivity contribution >= 4 is 57.3 Å². The Morgan fingerprint density at radius 2 is 2.00 bits per heavy atom. The third-order valence-corrected chi connectivity index (χ3v) is 3.66. The Balaban J connectivity index is 2.47. The molecular weight excluding hydrogens is 354 g/mol. The van der Waals surface area contributed by atoms with Gasteiger partial charge in [0.1, 0.15) is 0 Å². The summed E-state index contributed by atoms with van der Waals surface area (Å²) in [6.45, 7) is 0. The largest absolute Gasteiger partial charge is 0.209 e. The Morgan fingerprint density at radius 3 is 2.57 bits per heavy atom. The standard InChI is InChI=1S/C8H3Cl2IN2S/c9-5-2-1-4(3-6(5)10)7-12-8(11)14-13-7/h1-3H. The lowest BCUT2D eigenvalue weighted by Gasteiger charge is -1.97. The Kier molecular flexibility index (Phi) is 3.26. The molecule has 2 aromatic rings. The van der Waals surface area contributed by atoms with E-state index in [1.165, 1.54) is 11.5 Å². The summed E-state index contributed by atoms with van der Waals surface area (Å²) >= 11 is 15.2. The number of benzene rings is 1. The molecule has 1 aromatic heterocycles. The summed E-state index contributed by atoms with van der Waals surface area (Å²) in [5.74, 6) is 0.693. The van der Waals surface area contributed by atoms with Crippen LogP contribution in [-0.2, 0) is 0 Å². The lowest BCUT2D eigenvalue weighted by atomic mass is 10.2. The maximum atomic E-state index is 5.88. The number of hydrogen-bond donors (Lipinski definition) is 0. The summed E-state index contributed by atoms with van der Waals surface area (Å²) in [6.07, 6.45) is 0. The third kappa shape index (κ3) is 2.18. The molecular formula is C8H3Cl2IN2S. The van der Waals surface area contributed by atoms with Gasteiger partial charge in [-0.15, -0.1) is 0 Å². The Bertz CT molecular complexity index is 472. The van der Waals surface area contributed by atoms with Crippen molar-refractivity contribution in [2.24, 2.45) is 0 Å². The summed E-state index contributed by atoms with van der Waals surface area (Å²) < 4.78 is 5.08. The fourth-order valence-electron chi connectivity index (χ4n) is 0.957. The van der Waals surface area contributed by atoms with Crippen LogP contribution in [0.15, 0.2) is 18.2 Å². The fourth-order valence-corrected chi connectivity index (χ4v) is 2.21. The molecule has 0 radical (unpaired) electrons. The topological polar surface area (TPSA) is 25.8 Å². The molecule has 2 nitrogen and oxygen atoms in total. The highest BCUT2D eigenvalue weighted by Gasteiger charge is 2.06. The van der Waals surface area contributed by atoms with E-state index < -0.39 is 0 Å². The smallest absolute Gasteiger partial charge is 0.174 e. The second-order valence-corrected chi connectivity index (χ2v) is 5.82. The summed E-state index contributed by atoms with van der Waals surface area (Å²) in [7, 11) is 0. The molecule has 2 rings (SSSR count). The van der Waals surface area contributed by atoms with Gasteiger partial charge in [-0.05, 0) is 52.3 Å². The Hall–Kier alpha value is 0.0900. The first kappa shape index (κ1) is 10.6. The summed E-state index contributed by atoms with van der Waals surface area (Å²) in [4.78, 5) is 4.24. The molecule has 0 saturated heterocycles. The first-order valence-corrected chi connectivity index (χ1v) is 6.22. The van der Waals surface area contributed by atoms with Crippen molar-refractivity contribution in [3.8, 4) is 11.4 Å². The molecule has 0 N–H and O–H groups in total. The second kappa shape index (κ2) is 4.30. The van der Waals surface area contributed by atoms with Gasteiger partial charge in [-0.3, -0.25) is 0 Å². The normalized spacial score (nSPS) is 10.5. The number of aromatic nitrogens is 2. The predicted molar refractivity (Wildman–Crippen MR) is 68.1 cm³/mol. The van der Waals surface area contributed by atoms with Gasteiger partial charge in [-0.25, -0.2) is 4.98 Å². The average molecular weight is 357 g/mol. The molecule has 0 bridgehead atoms. The SMILES string of the molecule is Clc1ccc(-c2nsc(I)n2)cc1Cl. The monoisotopic (exact) mass is 356 g/mol. The Morgan fingerprint density at radius 1 is 1.21 bits per heavy atom. The molecule has 72 valence electrons. The van der Waals surface area contributed by atoms with Crippen LogP contribution in [0.1, 0.15) is 0 Å². The highest BCUT2D eigenvalue weighted by molar-refractivity contribution is 14.1. The molecule has 0 aliphatic rings. The zero-order chi connectivity index (χ0) is 10.1. The van der Waals surface area contributed by atoms with Crippen molar-refractivity contribution in [3.05, 3.63) is 31.3 Å². The molecule has 0 fully saturated rings. The van der Waals surface area contributed by atoms with E-state index in [2.05, 4.69) is 31.9 Å². The van der Waals surface area contributed by atoms with Gasteiger partial charge >= 0.3 is 0 Å². The van der Waals surface area contributed by atoms with Crippen LogP contribution in [0.3, 0.4) is 0 Å². The van der Waals surface area contributed by atoms with E-state index in [1.54, 1.807) is 12.1 Å². The van der Waals surface area contributed by atoms with Gasteiger partial charge in [0.2, 0.25) is 0 Å². The number of nitrogens with zero attached hydrogens (tertiary/aromatic N) is 2. The first-order chi connectivity index (χ1) is 6.66. The van der Waals surface area contributed by atoms with E-state index in [-0.39, 0.29) is 0 Å². The highest BCUT2D eigenvalue weighted by Crippen LogP contribution is 2.27. The molecule has 0 aliphatic heterocycles. The molecule has 0 spiro atoms. The van der Waals surface area contributed by atoms with Gasteiger partial charge in [0.05, 0.1) is 10.0 Å². The first-order valence-electron chi connectivity index (χ1n) is 3.61. The quantitative estimate of drug-likeness (QED) is 0.718. The number of hydrogen-bond acceptors (Lipinski definition) is 3. The van der Waals surface area contributed by atoms with E-state index in [9.17, 15) is 0 Å². The molecule has 0 unspecified atom stereocenters. The van der Waals surface area contributed by atoms with Crippen molar-refractivity contribution in [2.45, 2.75) is 0 Å². The fraction of sp³-hybridized carbons (Fsp3) is 0. The average Bonchev–Trinajstić information content (AvgIpc) is 2.57. The summed E-state index contributed by atoms with van der Waals surface area (Å²) in [5.41, 5.74) is 0.888.